The van der Waals surface area contributed by atoms with Crippen molar-refractivity contribution in [3.05, 3.63) is 29.8 Å². The highest BCUT2D eigenvalue weighted by Gasteiger charge is 2.21. The summed E-state index contributed by atoms with van der Waals surface area (Å²) < 4.78 is 5.29. The lowest BCUT2D eigenvalue weighted by atomic mass is 10.0. The number of amides is 1. The summed E-state index contributed by atoms with van der Waals surface area (Å²) in [7, 11) is 0. The second-order valence-corrected chi connectivity index (χ2v) is 5.86. The molecule has 1 unspecified atom stereocenters. The van der Waals surface area contributed by atoms with Gasteiger partial charge in [0.15, 0.2) is 0 Å². The van der Waals surface area contributed by atoms with E-state index in [0.29, 0.717) is 6.04 Å². The number of ether oxygens (including phenoxy) is 1. The number of hydrogen-bond donors (Lipinski definition) is 2. The van der Waals surface area contributed by atoms with Gasteiger partial charge < -0.3 is 10.1 Å². The van der Waals surface area contributed by atoms with Crippen LogP contribution in [-0.2, 0) is 4.74 Å². The molecule has 1 aromatic rings. The summed E-state index contributed by atoms with van der Waals surface area (Å²) >= 11 is 0. The second-order valence-electron chi connectivity index (χ2n) is 5.86. The molecule has 1 fully saturated rings. The molecule has 1 atom stereocenters. The van der Waals surface area contributed by atoms with Crippen LogP contribution in [0.2, 0.25) is 0 Å². The first-order valence-corrected chi connectivity index (χ1v) is 6.78. The summed E-state index contributed by atoms with van der Waals surface area (Å²) in [6.07, 6.45) is 1.87. The van der Waals surface area contributed by atoms with Crippen molar-refractivity contribution in [3.63, 3.8) is 0 Å². The monoisotopic (exact) mass is 262 g/mol. The predicted molar refractivity (Wildman–Crippen MR) is 76.3 cm³/mol. The highest BCUT2D eigenvalue weighted by molar-refractivity contribution is 5.86. The number of benzene rings is 1. The topological polar surface area (TPSA) is 50.4 Å². The van der Waals surface area contributed by atoms with E-state index in [1.807, 2.05) is 39.0 Å². The molecule has 1 aromatic carbocycles. The zero-order valence-corrected chi connectivity index (χ0v) is 11.8. The molecular formula is C15H22N2O2. The normalized spacial score (nSPS) is 19.2. The zero-order valence-electron chi connectivity index (χ0n) is 11.8. The molecule has 19 heavy (non-hydrogen) atoms. The number of nitrogens with one attached hydrogen (secondary N) is 2. The van der Waals surface area contributed by atoms with Crippen LogP contribution in [0, 0.1) is 0 Å². The van der Waals surface area contributed by atoms with Crippen molar-refractivity contribution in [1.29, 1.82) is 0 Å². The molecule has 4 nitrogen and oxygen atoms in total. The molecule has 0 aliphatic carbocycles. The van der Waals surface area contributed by atoms with Crippen LogP contribution in [0.4, 0.5) is 10.5 Å². The Morgan fingerprint density at radius 1 is 1.37 bits per heavy atom. The van der Waals surface area contributed by atoms with Crippen LogP contribution in [0.1, 0.15) is 45.2 Å². The van der Waals surface area contributed by atoms with Gasteiger partial charge in [0, 0.05) is 11.7 Å². The van der Waals surface area contributed by atoms with Gasteiger partial charge in [-0.2, -0.15) is 0 Å². The van der Waals surface area contributed by atoms with Gasteiger partial charge >= 0.3 is 6.09 Å². The lowest BCUT2D eigenvalue weighted by Gasteiger charge is -2.21. The minimum absolute atomic E-state index is 0.325. The summed E-state index contributed by atoms with van der Waals surface area (Å²) in [5.41, 5.74) is 1.48. The molecular weight excluding hydrogens is 240 g/mol. The Morgan fingerprint density at radius 3 is 2.74 bits per heavy atom. The minimum atomic E-state index is -0.482. The van der Waals surface area contributed by atoms with E-state index in [2.05, 4.69) is 16.7 Å². The van der Waals surface area contributed by atoms with Gasteiger partial charge in [-0.15, -0.1) is 0 Å². The molecule has 0 aromatic heterocycles. The van der Waals surface area contributed by atoms with Gasteiger partial charge in [-0.1, -0.05) is 18.2 Å². The maximum Gasteiger partial charge on any atom is 0.412 e. The van der Waals surface area contributed by atoms with Crippen molar-refractivity contribution >= 4 is 11.8 Å². The molecule has 1 heterocycles. The van der Waals surface area contributed by atoms with E-state index in [1.165, 1.54) is 6.42 Å². The van der Waals surface area contributed by atoms with E-state index in [1.54, 1.807) is 0 Å². The summed E-state index contributed by atoms with van der Waals surface area (Å²) in [6.45, 7) is 6.61. The largest absolute Gasteiger partial charge is 0.444 e. The predicted octanol–water partition coefficient (Wildman–Crippen LogP) is 3.46. The fourth-order valence-corrected chi connectivity index (χ4v) is 2.28. The van der Waals surface area contributed by atoms with Crippen LogP contribution in [0.15, 0.2) is 24.3 Å². The molecule has 1 aliphatic heterocycles. The van der Waals surface area contributed by atoms with Gasteiger partial charge in [-0.3, -0.25) is 5.32 Å². The average molecular weight is 262 g/mol. The van der Waals surface area contributed by atoms with Crippen molar-refractivity contribution in [2.75, 3.05) is 11.9 Å². The van der Waals surface area contributed by atoms with E-state index in [0.717, 1.165) is 24.2 Å². The zero-order chi connectivity index (χ0) is 13.9. The fourth-order valence-electron chi connectivity index (χ4n) is 2.28. The third kappa shape index (κ3) is 3.96. The average Bonchev–Trinajstić information content (AvgIpc) is 2.80. The van der Waals surface area contributed by atoms with Gasteiger partial charge in [0.05, 0.1) is 0 Å². The Hall–Kier alpha value is -1.55. The van der Waals surface area contributed by atoms with Crippen LogP contribution in [0.5, 0.6) is 0 Å². The highest BCUT2D eigenvalue weighted by atomic mass is 16.6. The number of rotatable bonds is 2. The molecule has 2 rings (SSSR count). The molecule has 0 spiro atoms. The van der Waals surface area contributed by atoms with E-state index < -0.39 is 11.7 Å². The van der Waals surface area contributed by atoms with Crippen LogP contribution in [-0.4, -0.2) is 18.2 Å². The highest BCUT2D eigenvalue weighted by Crippen LogP contribution is 2.29. The summed E-state index contributed by atoms with van der Waals surface area (Å²) in [5.74, 6) is 0. The second kappa shape index (κ2) is 5.61. The van der Waals surface area contributed by atoms with Gasteiger partial charge in [-0.05, 0) is 51.8 Å². The van der Waals surface area contributed by atoms with E-state index in [9.17, 15) is 4.79 Å². The summed E-state index contributed by atoms with van der Waals surface area (Å²) in [4.78, 5) is 11.8. The minimum Gasteiger partial charge on any atom is -0.444 e. The van der Waals surface area contributed by atoms with Crippen LogP contribution < -0.4 is 10.6 Å². The molecule has 1 aliphatic rings. The van der Waals surface area contributed by atoms with Crippen molar-refractivity contribution < 1.29 is 9.53 Å². The Morgan fingerprint density at radius 2 is 2.11 bits per heavy atom. The molecule has 1 saturated heterocycles. The number of para-hydroxylation sites is 1. The lowest BCUT2D eigenvalue weighted by molar-refractivity contribution is 0.0635. The third-order valence-electron chi connectivity index (χ3n) is 3.03. The molecule has 0 saturated carbocycles. The molecule has 1 amide bonds. The van der Waals surface area contributed by atoms with E-state index >= 15 is 0 Å². The number of hydrogen-bond acceptors (Lipinski definition) is 3. The quantitative estimate of drug-likeness (QED) is 0.858. The smallest absolute Gasteiger partial charge is 0.412 e. The van der Waals surface area contributed by atoms with Crippen molar-refractivity contribution in [1.82, 2.24) is 5.32 Å². The van der Waals surface area contributed by atoms with Gasteiger partial charge in [0.25, 0.3) is 0 Å². The molecule has 0 radical (unpaired) electrons. The standard InChI is InChI=1S/C15H22N2O2/c1-15(2,3)19-14(18)17-13-8-5-4-7-11(13)12-9-6-10-16-12/h4-5,7-8,12,16H,6,9-10H2,1-3H3,(H,17,18). The SMILES string of the molecule is CC(C)(C)OC(=O)Nc1ccccc1C1CCCN1. The summed E-state index contributed by atoms with van der Waals surface area (Å²) in [5, 5.41) is 6.29. The van der Waals surface area contributed by atoms with Crippen molar-refractivity contribution in [2.24, 2.45) is 0 Å². The van der Waals surface area contributed by atoms with Crippen LogP contribution >= 0.6 is 0 Å². The Labute approximate surface area is 114 Å². The first kappa shape index (κ1) is 13.9. The Balaban J connectivity index is 2.09. The molecule has 0 bridgehead atoms. The maximum atomic E-state index is 11.8. The molecule has 2 N–H and O–H groups in total. The maximum absolute atomic E-state index is 11.8. The lowest BCUT2D eigenvalue weighted by Crippen LogP contribution is -2.28. The summed E-state index contributed by atoms with van der Waals surface area (Å²) in [6, 6.07) is 8.21. The number of carbonyl (C=O) groups is 1. The number of anilines is 1. The van der Waals surface area contributed by atoms with Gasteiger partial charge in [-0.25, -0.2) is 4.79 Å². The first-order valence-electron chi connectivity index (χ1n) is 6.78. The third-order valence-corrected chi connectivity index (χ3v) is 3.03. The number of carbonyl (C=O) groups excluding carboxylic acids is 1. The van der Waals surface area contributed by atoms with Gasteiger partial charge in [0.2, 0.25) is 0 Å². The van der Waals surface area contributed by atoms with Crippen LogP contribution in [0.25, 0.3) is 0 Å². The Bertz CT molecular complexity index is 446. The van der Waals surface area contributed by atoms with Crippen LogP contribution in [0.3, 0.4) is 0 Å². The van der Waals surface area contributed by atoms with Gasteiger partial charge in [0.1, 0.15) is 5.60 Å². The Kier molecular flexibility index (Phi) is 4.10. The van der Waals surface area contributed by atoms with Crippen molar-refractivity contribution in [3.8, 4) is 0 Å². The fraction of sp³-hybridized carbons (Fsp3) is 0.533. The molecule has 4 heteroatoms. The van der Waals surface area contributed by atoms with Crippen molar-refractivity contribution in [2.45, 2.75) is 45.3 Å². The first-order chi connectivity index (χ1) is 8.96. The molecule has 104 valence electrons. The van der Waals surface area contributed by atoms with E-state index in [4.69, 9.17) is 4.74 Å². The van der Waals surface area contributed by atoms with E-state index in [-0.39, 0.29) is 0 Å².